The molecule has 0 N–H and O–H groups in total. The Kier molecular flexibility index (Phi) is 8.98. The smallest absolute Gasteiger partial charge is 0.410 e. The number of hydrogen-bond donors (Lipinski definition) is 0. The number of terminal acetylenes is 1. The summed E-state index contributed by atoms with van der Waals surface area (Å²) in [5, 5.41) is 1.87. The lowest BCUT2D eigenvalue weighted by Crippen LogP contribution is -2.57. The minimum Gasteiger partial charge on any atom is -0.468 e. The number of nitrogens with zero attached hydrogens (tertiary/aromatic N) is 6. The highest BCUT2D eigenvalue weighted by Crippen LogP contribution is 2.44. The Morgan fingerprint density at radius 2 is 1.80 bits per heavy atom. The second-order valence-corrected chi connectivity index (χ2v) is 16.0. The first-order valence-electron chi connectivity index (χ1n) is 18.4. The highest BCUT2D eigenvalue weighted by Gasteiger charge is 2.48. The average molecular weight is 733 g/mol. The van der Waals surface area contributed by atoms with Gasteiger partial charge in [-0.15, -0.1) is 6.42 Å². The number of pyridine rings is 1. The third-order valence-electron chi connectivity index (χ3n) is 10.9. The third-order valence-corrected chi connectivity index (χ3v) is 10.9. The lowest BCUT2D eigenvalue weighted by Gasteiger charge is -2.42. The molecule has 4 aromatic rings. The summed E-state index contributed by atoms with van der Waals surface area (Å²) < 4.78 is 40.6. The SMILES string of the molecule is C#Cc1cccc2cc(OCOC)cc(-c3ncc4c(N5CC6CCC(C5)N6C(=O)OC(C)(C)C)nc(OCC56CC(=C)CN5CC(=C)C6)nc4c3F)c12. The fourth-order valence-electron chi connectivity index (χ4n) is 8.77. The number of piperazine rings is 1. The van der Waals surface area contributed by atoms with E-state index in [-0.39, 0.29) is 47.7 Å². The Hall–Kier alpha value is -5.25. The first kappa shape index (κ1) is 35.8. The van der Waals surface area contributed by atoms with Gasteiger partial charge in [0.1, 0.15) is 35.0 Å². The van der Waals surface area contributed by atoms with Gasteiger partial charge in [-0.2, -0.15) is 9.97 Å². The monoisotopic (exact) mass is 732 g/mol. The van der Waals surface area contributed by atoms with Crippen molar-refractivity contribution in [1.29, 1.82) is 0 Å². The van der Waals surface area contributed by atoms with E-state index in [0.717, 1.165) is 55.3 Å². The molecule has 54 heavy (non-hydrogen) atoms. The summed E-state index contributed by atoms with van der Waals surface area (Å²) in [6.45, 7) is 16.9. The Bertz CT molecular complexity index is 2210. The van der Waals surface area contributed by atoms with Crippen LogP contribution in [0.15, 0.2) is 60.8 Å². The highest BCUT2D eigenvalue weighted by molar-refractivity contribution is 6.03. The Morgan fingerprint density at radius 3 is 2.46 bits per heavy atom. The summed E-state index contributed by atoms with van der Waals surface area (Å²) >= 11 is 0. The van der Waals surface area contributed by atoms with Crippen LogP contribution in [-0.4, -0.2) is 101 Å². The number of anilines is 1. The van der Waals surface area contributed by atoms with E-state index < -0.39 is 11.4 Å². The molecule has 2 bridgehead atoms. The number of hydrogen-bond acceptors (Lipinski definition) is 10. The molecule has 0 spiro atoms. The van der Waals surface area contributed by atoms with E-state index in [2.05, 4.69) is 28.9 Å². The van der Waals surface area contributed by atoms with Gasteiger partial charge >= 0.3 is 12.1 Å². The number of aromatic nitrogens is 3. The zero-order chi connectivity index (χ0) is 37.9. The maximum atomic E-state index is 17.3. The highest BCUT2D eigenvalue weighted by atomic mass is 19.1. The van der Waals surface area contributed by atoms with Crippen LogP contribution in [-0.2, 0) is 9.47 Å². The van der Waals surface area contributed by atoms with Crippen LogP contribution in [0.3, 0.4) is 0 Å². The maximum Gasteiger partial charge on any atom is 0.410 e. The number of carbonyl (C=O) groups is 1. The number of carbonyl (C=O) groups excluding carboxylic acids is 1. The molecule has 280 valence electrons. The number of rotatable bonds is 8. The molecule has 2 unspecified atom stereocenters. The largest absolute Gasteiger partial charge is 0.468 e. The van der Waals surface area contributed by atoms with Crippen molar-refractivity contribution in [2.24, 2.45) is 0 Å². The van der Waals surface area contributed by atoms with E-state index in [4.69, 9.17) is 40.3 Å². The number of benzene rings is 2. The molecule has 4 saturated heterocycles. The van der Waals surface area contributed by atoms with Crippen LogP contribution in [0, 0.1) is 18.2 Å². The summed E-state index contributed by atoms with van der Waals surface area (Å²) in [7, 11) is 1.53. The molecule has 11 nitrogen and oxygen atoms in total. The van der Waals surface area contributed by atoms with Crippen LogP contribution in [0.2, 0.25) is 0 Å². The van der Waals surface area contributed by atoms with Crippen molar-refractivity contribution < 1.29 is 28.1 Å². The van der Waals surface area contributed by atoms with E-state index in [1.807, 2.05) is 49.9 Å². The third kappa shape index (κ3) is 6.39. The molecule has 0 aliphatic carbocycles. The predicted octanol–water partition coefficient (Wildman–Crippen LogP) is 6.88. The fraction of sp³-hybridized carbons (Fsp3) is 0.429. The minimum atomic E-state index is -0.642. The lowest BCUT2D eigenvalue weighted by atomic mass is 9.92. The zero-order valence-electron chi connectivity index (χ0n) is 31.3. The average Bonchev–Trinajstić information content (AvgIpc) is 3.70. The summed E-state index contributed by atoms with van der Waals surface area (Å²) in [6.07, 6.45) is 10.4. The first-order chi connectivity index (χ1) is 25.9. The van der Waals surface area contributed by atoms with Crippen LogP contribution < -0.4 is 14.4 Å². The van der Waals surface area contributed by atoms with Gasteiger partial charge < -0.3 is 23.8 Å². The number of fused-ring (bicyclic) bond motifs is 5. The standard InChI is InChI=1S/C42H45FN6O5/c1-8-27-10-9-11-28-14-31(53-24-51-7)15-32(34(27)28)36-35(43)37-33(18-44-36)38(47-21-29-12-13-30(22-47)49(29)40(50)54-41(4,5)6)46-39(45-37)52-23-42-16-25(2)19-48(42)20-26(3)17-42/h1,9-11,14-15,18,29-30H,2-3,12-13,16-17,19-24H2,4-7H3. The molecule has 2 aromatic carbocycles. The van der Waals surface area contributed by atoms with Gasteiger partial charge in [-0.3, -0.25) is 14.8 Å². The van der Waals surface area contributed by atoms with E-state index >= 15 is 4.39 Å². The summed E-state index contributed by atoms with van der Waals surface area (Å²) in [5.41, 5.74) is 2.54. The van der Waals surface area contributed by atoms with E-state index in [1.165, 1.54) is 7.11 Å². The molecule has 4 aliphatic heterocycles. The van der Waals surface area contributed by atoms with Crippen LogP contribution in [0.5, 0.6) is 11.8 Å². The van der Waals surface area contributed by atoms with Crippen molar-refractivity contribution in [3.05, 3.63) is 72.2 Å². The minimum absolute atomic E-state index is 0.00742. The quantitative estimate of drug-likeness (QED) is 0.108. The van der Waals surface area contributed by atoms with Gasteiger partial charge in [-0.25, -0.2) is 9.18 Å². The molecule has 8 rings (SSSR count). The van der Waals surface area contributed by atoms with Gasteiger partial charge in [0.2, 0.25) is 0 Å². The van der Waals surface area contributed by atoms with Crippen molar-refractivity contribution in [3.8, 4) is 35.4 Å². The molecule has 2 aromatic heterocycles. The first-order valence-corrected chi connectivity index (χ1v) is 18.4. The Morgan fingerprint density at radius 1 is 1.07 bits per heavy atom. The molecule has 2 atom stereocenters. The van der Waals surface area contributed by atoms with E-state index in [0.29, 0.717) is 53.2 Å². The van der Waals surface area contributed by atoms with Gasteiger partial charge in [0, 0.05) is 56.0 Å². The van der Waals surface area contributed by atoms with Gasteiger partial charge in [0.25, 0.3) is 0 Å². The van der Waals surface area contributed by atoms with Crippen LogP contribution >= 0.6 is 0 Å². The van der Waals surface area contributed by atoms with Crippen LogP contribution in [0.1, 0.15) is 52.0 Å². The summed E-state index contributed by atoms with van der Waals surface area (Å²) in [5.74, 6) is 3.08. The van der Waals surface area contributed by atoms with Gasteiger partial charge in [0.05, 0.1) is 23.0 Å². The van der Waals surface area contributed by atoms with Gasteiger partial charge in [0.15, 0.2) is 12.6 Å². The fourth-order valence-corrected chi connectivity index (χ4v) is 8.77. The summed E-state index contributed by atoms with van der Waals surface area (Å²) in [6, 6.07) is 8.98. The number of amides is 1. The Balaban J connectivity index is 1.23. The predicted molar refractivity (Wildman–Crippen MR) is 205 cm³/mol. The lowest BCUT2D eigenvalue weighted by molar-refractivity contribution is 0.0122. The van der Waals surface area contributed by atoms with Crippen molar-refractivity contribution in [3.63, 3.8) is 0 Å². The van der Waals surface area contributed by atoms with Crippen molar-refractivity contribution in [2.75, 3.05) is 51.6 Å². The van der Waals surface area contributed by atoms with Crippen molar-refractivity contribution in [2.45, 2.75) is 69.7 Å². The molecule has 0 radical (unpaired) electrons. The molecule has 4 aliphatic rings. The normalized spacial score (nSPS) is 20.8. The number of ether oxygens (including phenoxy) is 4. The molecule has 12 heteroatoms. The maximum absolute atomic E-state index is 17.3. The Labute approximate surface area is 314 Å². The van der Waals surface area contributed by atoms with Gasteiger partial charge in [-0.1, -0.05) is 42.4 Å². The van der Waals surface area contributed by atoms with E-state index in [1.54, 1.807) is 12.3 Å². The number of methoxy groups -OCH3 is 1. The van der Waals surface area contributed by atoms with Gasteiger partial charge in [-0.05, 0) is 70.0 Å². The van der Waals surface area contributed by atoms with Crippen LogP contribution in [0.4, 0.5) is 15.0 Å². The number of halogens is 1. The van der Waals surface area contributed by atoms with Crippen molar-refractivity contribution in [1.82, 2.24) is 24.8 Å². The molecule has 6 heterocycles. The summed E-state index contributed by atoms with van der Waals surface area (Å²) in [4.78, 5) is 34.0. The molecule has 1 amide bonds. The van der Waals surface area contributed by atoms with E-state index in [9.17, 15) is 4.79 Å². The molecular formula is C42H45FN6O5. The zero-order valence-corrected chi connectivity index (χ0v) is 31.3. The van der Waals surface area contributed by atoms with Crippen molar-refractivity contribution >= 4 is 33.6 Å². The van der Waals surface area contributed by atoms with Crippen LogP contribution in [0.25, 0.3) is 32.9 Å². The topological polar surface area (TPSA) is 102 Å². The molecule has 4 fully saturated rings. The second kappa shape index (κ2) is 13.6. The second-order valence-electron chi connectivity index (χ2n) is 16.0. The molecular weight excluding hydrogens is 687 g/mol. The molecule has 0 saturated carbocycles.